The number of rotatable bonds is 6. The van der Waals surface area contributed by atoms with E-state index in [1.54, 1.807) is 7.11 Å². The Hall–Kier alpha value is -3.79. The number of anilines is 1. The number of methoxy groups -OCH3 is 1. The van der Waals surface area contributed by atoms with Crippen molar-refractivity contribution in [3.05, 3.63) is 102 Å². The van der Waals surface area contributed by atoms with Gasteiger partial charge in [0.25, 0.3) is 0 Å². The van der Waals surface area contributed by atoms with E-state index in [1.165, 1.54) is 5.39 Å². The van der Waals surface area contributed by atoms with Crippen LogP contribution < -0.4 is 9.64 Å². The van der Waals surface area contributed by atoms with Gasteiger partial charge in [0, 0.05) is 17.4 Å². The molecule has 1 saturated heterocycles. The predicted molar refractivity (Wildman–Crippen MR) is 125 cm³/mol. The number of hydrogen-bond donors (Lipinski definition) is 1. The number of benzene rings is 3. The number of nitrogens with one attached hydrogen (secondary N) is 1. The Labute approximate surface area is 181 Å². The predicted octanol–water partition coefficient (Wildman–Crippen LogP) is 5.98. The molecule has 3 aromatic carbocycles. The van der Waals surface area contributed by atoms with Gasteiger partial charge in [-0.2, -0.15) is 0 Å². The summed E-state index contributed by atoms with van der Waals surface area (Å²) in [5.41, 5.74) is 4.33. The second-order valence-corrected chi connectivity index (χ2v) is 7.83. The number of carbonyl (C=O) groups is 1. The Balaban J connectivity index is 1.39. The van der Waals surface area contributed by atoms with Gasteiger partial charge in [0.05, 0.1) is 19.1 Å². The summed E-state index contributed by atoms with van der Waals surface area (Å²) in [4.78, 5) is 18.2. The molecule has 0 spiro atoms. The molecule has 0 unspecified atom stereocenters. The molecule has 0 aliphatic carbocycles. The van der Waals surface area contributed by atoms with Gasteiger partial charge in [-0.05, 0) is 65.4 Å². The number of aromatic amines is 1. The number of nitrogens with zero attached hydrogens (tertiary/aromatic N) is 1. The van der Waals surface area contributed by atoms with Crippen LogP contribution in [0.15, 0.2) is 91.1 Å². The van der Waals surface area contributed by atoms with Crippen LogP contribution in [0.25, 0.3) is 17.0 Å². The molecule has 1 aliphatic heterocycles. The number of carbonyl (C=O) groups excluding carboxylic acids is 1. The molecule has 4 nitrogen and oxygen atoms in total. The smallest absolute Gasteiger partial charge is 0.233 e. The highest BCUT2D eigenvalue weighted by Crippen LogP contribution is 2.45. The summed E-state index contributed by atoms with van der Waals surface area (Å²) in [5.74, 6) is 0.899. The summed E-state index contributed by atoms with van der Waals surface area (Å²) in [7, 11) is 1.66. The van der Waals surface area contributed by atoms with Crippen molar-refractivity contribution < 1.29 is 9.53 Å². The largest absolute Gasteiger partial charge is 0.497 e. The quantitative estimate of drug-likeness (QED) is 0.399. The molecule has 154 valence electrons. The molecule has 4 aromatic rings. The molecule has 5 rings (SSSR count). The van der Waals surface area contributed by atoms with E-state index in [1.807, 2.05) is 53.6 Å². The average Bonchev–Trinajstić information content (AvgIpc) is 3.29. The fourth-order valence-electron chi connectivity index (χ4n) is 4.36. The first-order chi connectivity index (χ1) is 15.2. The van der Waals surface area contributed by atoms with E-state index in [4.69, 9.17) is 4.74 Å². The molecule has 2 atom stereocenters. The molecule has 1 N–H and O–H groups in total. The summed E-state index contributed by atoms with van der Waals surface area (Å²) >= 11 is 0. The zero-order chi connectivity index (χ0) is 21.2. The summed E-state index contributed by atoms with van der Waals surface area (Å²) in [6.07, 6.45) is 6.87. The van der Waals surface area contributed by atoms with E-state index in [-0.39, 0.29) is 17.9 Å². The van der Waals surface area contributed by atoms with Gasteiger partial charge in [0.15, 0.2) is 0 Å². The summed E-state index contributed by atoms with van der Waals surface area (Å²) in [6.45, 7) is 0. The SMILES string of the molecule is COc1ccc([C@@H]2[C@@H](C/C=C/c3ccc4[nH]ccc4c3)C(=O)N2c2ccccc2)cc1. The first kappa shape index (κ1) is 19.2. The van der Waals surface area contributed by atoms with E-state index in [9.17, 15) is 4.79 Å². The number of hydrogen-bond acceptors (Lipinski definition) is 2. The third-order valence-electron chi connectivity index (χ3n) is 5.98. The van der Waals surface area contributed by atoms with E-state index < -0.39 is 0 Å². The van der Waals surface area contributed by atoms with Crippen molar-refractivity contribution in [1.29, 1.82) is 0 Å². The Morgan fingerprint density at radius 1 is 1.00 bits per heavy atom. The molecular formula is C27H24N2O2. The maximum absolute atomic E-state index is 13.1. The van der Waals surface area contributed by atoms with Crippen LogP contribution in [0.1, 0.15) is 23.6 Å². The number of β-lactam (4-membered cyclic amide) rings is 1. The number of allylic oxidation sites excluding steroid dienone is 1. The number of ether oxygens (including phenoxy) is 1. The standard InChI is InChI=1S/C27H24N2O2/c1-31-23-13-11-20(12-14-23)26-24(27(30)29(26)22-7-3-2-4-8-22)9-5-6-19-10-15-25-21(18-19)16-17-28-25/h2-8,10-18,24,26,28H,9H2,1H3/b6-5+/t24-,26-/m1/s1. The molecule has 1 amide bonds. The van der Waals surface area contributed by atoms with Crippen molar-refractivity contribution in [2.75, 3.05) is 12.0 Å². The van der Waals surface area contributed by atoms with E-state index in [2.05, 4.69) is 53.5 Å². The highest BCUT2D eigenvalue weighted by atomic mass is 16.5. The molecule has 0 bridgehead atoms. The van der Waals surface area contributed by atoms with Gasteiger partial charge < -0.3 is 14.6 Å². The first-order valence-corrected chi connectivity index (χ1v) is 10.5. The van der Waals surface area contributed by atoms with Gasteiger partial charge in [-0.25, -0.2) is 0 Å². The summed E-state index contributed by atoms with van der Waals surface area (Å²) in [6, 6.07) is 26.3. The fraction of sp³-hybridized carbons (Fsp3) is 0.148. The van der Waals surface area contributed by atoms with Crippen LogP contribution >= 0.6 is 0 Å². The van der Waals surface area contributed by atoms with Gasteiger partial charge in [0.2, 0.25) is 5.91 Å². The topological polar surface area (TPSA) is 45.3 Å². The lowest BCUT2D eigenvalue weighted by Gasteiger charge is -2.47. The van der Waals surface area contributed by atoms with Gasteiger partial charge in [0.1, 0.15) is 5.75 Å². The maximum atomic E-state index is 13.1. The summed E-state index contributed by atoms with van der Waals surface area (Å²) in [5, 5.41) is 1.19. The molecule has 1 aromatic heterocycles. The lowest BCUT2D eigenvalue weighted by molar-refractivity contribution is -0.130. The van der Waals surface area contributed by atoms with Crippen LogP contribution in [0.5, 0.6) is 5.75 Å². The molecule has 2 heterocycles. The molecule has 1 aliphatic rings. The molecule has 0 radical (unpaired) electrons. The second-order valence-electron chi connectivity index (χ2n) is 7.83. The van der Waals surface area contributed by atoms with E-state index in [0.717, 1.165) is 28.1 Å². The normalized spacial score (nSPS) is 18.5. The van der Waals surface area contributed by atoms with Crippen molar-refractivity contribution in [3.8, 4) is 5.75 Å². The lowest BCUT2D eigenvalue weighted by atomic mass is 9.79. The van der Waals surface area contributed by atoms with Crippen molar-refractivity contribution in [2.24, 2.45) is 5.92 Å². The van der Waals surface area contributed by atoms with Gasteiger partial charge >= 0.3 is 0 Å². The number of aromatic nitrogens is 1. The zero-order valence-electron chi connectivity index (χ0n) is 17.4. The van der Waals surface area contributed by atoms with Crippen LogP contribution in [0.2, 0.25) is 0 Å². The minimum absolute atomic E-state index is 0.0117. The molecule has 0 saturated carbocycles. The number of H-pyrrole nitrogens is 1. The molecule has 31 heavy (non-hydrogen) atoms. The lowest BCUT2D eigenvalue weighted by Crippen LogP contribution is -2.55. The van der Waals surface area contributed by atoms with Crippen LogP contribution in [0.3, 0.4) is 0 Å². The van der Waals surface area contributed by atoms with Gasteiger partial charge in [-0.1, -0.05) is 48.6 Å². The minimum Gasteiger partial charge on any atom is -0.497 e. The van der Waals surface area contributed by atoms with E-state index >= 15 is 0 Å². The van der Waals surface area contributed by atoms with E-state index in [0.29, 0.717) is 6.42 Å². The maximum Gasteiger partial charge on any atom is 0.233 e. The Morgan fingerprint density at radius 2 is 1.81 bits per heavy atom. The number of fused-ring (bicyclic) bond motifs is 1. The zero-order valence-corrected chi connectivity index (χ0v) is 17.4. The minimum atomic E-state index is -0.0826. The van der Waals surface area contributed by atoms with Crippen LogP contribution in [-0.2, 0) is 4.79 Å². The molecule has 1 fully saturated rings. The average molecular weight is 409 g/mol. The van der Waals surface area contributed by atoms with Crippen LogP contribution in [0, 0.1) is 5.92 Å². The van der Waals surface area contributed by atoms with Crippen molar-refractivity contribution in [2.45, 2.75) is 12.5 Å². The Kier molecular flexibility index (Phi) is 5.04. The first-order valence-electron chi connectivity index (χ1n) is 10.5. The van der Waals surface area contributed by atoms with Gasteiger partial charge in [-0.15, -0.1) is 0 Å². The van der Waals surface area contributed by atoms with Gasteiger partial charge in [-0.3, -0.25) is 4.79 Å². The second kappa shape index (κ2) is 8.15. The highest BCUT2D eigenvalue weighted by Gasteiger charge is 2.47. The summed E-state index contributed by atoms with van der Waals surface area (Å²) < 4.78 is 5.30. The third kappa shape index (κ3) is 3.61. The fourth-order valence-corrected chi connectivity index (χ4v) is 4.36. The highest BCUT2D eigenvalue weighted by molar-refractivity contribution is 6.03. The van der Waals surface area contributed by atoms with Crippen molar-refractivity contribution in [3.63, 3.8) is 0 Å². The van der Waals surface area contributed by atoms with Crippen LogP contribution in [0.4, 0.5) is 5.69 Å². The Bertz CT molecular complexity index is 1230. The third-order valence-corrected chi connectivity index (χ3v) is 5.98. The monoisotopic (exact) mass is 408 g/mol. The van der Waals surface area contributed by atoms with Crippen molar-refractivity contribution in [1.82, 2.24) is 4.98 Å². The van der Waals surface area contributed by atoms with Crippen molar-refractivity contribution >= 4 is 28.6 Å². The number of para-hydroxylation sites is 1. The van der Waals surface area contributed by atoms with Crippen LogP contribution in [-0.4, -0.2) is 18.0 Å². The molecule has 4 heteroatoms. The Morgan fingerprint density at radius 3 is 2.58 bits per heavy atom. The number of amides is 1. The molecular weight excluding hydrogens is 384 g/mol.